The quantitative estimate of drug-likeness (QED) is 0.810. The summed E-state index contributed by atoms with van der Waals surface area (Å²) in [5.41, 5.74) is 3.11. The molecule has 26 heavy (non-hydrogen) atoms. The van der Waals surface area contributed by atoms with Crippen molar-refractivity contribution in [3.05, 3.63) is 59.2 Å². The second kappa shape index (κ2) is 6.93. The molecule has 0 saturated heterocycles. The maximum absolute atomic E-state index is 12.9. The van der Waals surface area contributed by atoms with Gasteiger partial charge in [-0.15, -0.1) is 0 Å². The molecule has 0 aromatic heterocycles. The highest BCUT2D eigenvalue weighted by Crippen LogP contribution is 2.32. The van der Waals surface area contributed by atoms with E-state index in [1.165, 1.54) is 5.56 Å². The second-order valence-electron chi connectivity index (χ2n) is 7.05. The Balaban J connectivity index is 1.45. The SMILES string of the molecule is O=S(=O)(CCc1ccc2c(c1)CCO2)N(Cc1ccc(O)cc1)C1CC1. The number of hydrogen-bond donors (Lipinski definition) is 1. The molecule has 6 heteroatoms. The van der Waals surface area contributed by atoms with Gasteiger partial charge in [0.2, 0.25) is 10.0 Å². The summed E-state index contributed by atoms with van der Waals surface area (Å²) in [4.78, 5) is 0. The van der Waals surface area contributed by atoms with E-state index in [9.17, 15) is 13.5 Å². The number of aryl methyl sites for hydroxylation is 1. The lowest BCUT2D eigenvalue weighted by atomic mass is 10.1. The van der Waals surface area contributed by atoms with Crippen molar-refractivity contribution >= 4 is 10.0 Å². The predicted octanol–water partition coefficient (Wildman–Crippen LogP) is 2.86. The maximum Gasteiger partial charge on any atom is 0.214 e. The van der Waals surface area contributed by atoms with Crippen LogP contribution in [0.5, 0.6) is 11.5 Å². The molecule has 1 saturated carbocycles. The van der Waals surface area contributed by atoms with E-state index in [1.807, 2.05) is 12.1 Å². The van der Waals surface area contributed by atoms with Gasteiger partial charge in [0.05, 0.1) is 12.4 Å². The normalized spacial score (nSPS) is 16.5. The fourth-order valence-corrected chi connectivity index (χ4v) is 5.10. The Kier molecular flexibility index (Phi) is 4.63. The van der Waals surface area contributed by atoms with Crippen molar-refractivity contribution in [3.8, 4) is 11.5 Å². The molecule has 0 spiro atoms. The van der Waals surface area contributed by atoms with Gasteiger partial charge >= 0.3 is 0 Å². The number of aromatic hydroxyl groups is 1. The van der Waals surface area contributed by atoms with Gasteiger partial charge in [-0.05, 0) is 54.2 Å². The molecular formula is C20H23NO4S. The Morgan fingerprint density at radius 1 is 1.08 bits per heavy atom. The Morgan fingerprint density at radius 2 is 1.81 bits per heavy atom. The third-order valence-electron chi connectivity index (χ3n) is 4.99. The summed E-state index contributed by atoms with van der Waals surface area (Å²) in [7, 11) is -3.34. The Morgan fingerprint density at radius 3 is 2.54 bits per heavy atom. The van der Waals surface area contributed by atoms with Gasteiger partial charge < -0.3 is 9.84 Å². The number of phenolic OH excluding ortho intramolecular Hbond substituents is 1. The van der Waals surface area contributed by atoms with Crippen LogP contribution in [0.3, 0.4) is 0 Å². The Hall–Kier alpha value is -2.05. The lowest BCUT2D eigenvalue weighted by Crippen LogP contribution is -2.35. The predicted molar refractivity (Wildman–Crippen MR) is 99.8 cm³/mol. The summed E-state index contributed by atoms with van der Waals surface area (Å²) in [6.07, 6.45) is 3.25. The molecule has 1 aliphatic heterocycles. The van der Waals surface area contributed by atoms with Gasteiger partial charge in [-0.1, -0.05) is 24.3 Å². The van der Waals surface area contributed by atoms with Gasteiger partial charge in [-0.2, -0.15) is 4.31 Å². The summed E-state index contributed by atoms with van der Waals surface area (Å²) in [6.45, 7) is 1.07. The summed E-state index contributed by atoms with van der Waals surface area (Å²) in [5, 5.41) is 9.41. The number of phenols is 1. The number of rotatable bonds is 7. The van der Waals surface area contributed by atoms with Crippen molar-refractivity contribution in [2.45, 2.75) is 38.3 Å². The van der Waals surface area contributed by atoms with Gasteiger partial charge in [0.15, 0.2) is 0 Å². The first-order valence-corrected chi connectivity index (χ1v) is 10.6. The lowest BCUT2D eigenvalue weighted by Gasteiger charge is -2.22. The minimum Gasteiger partial charge on any atom is -0.508 e. The molecule has 1 N–H and O–H groups in total. The first-order chi connectivity index (χ1) is 12.5. The van der Waals surface area contributed by atoms with Crippen LogP contribution < -0.4 is 4.74 Å². The number of fused-ring (bicyclic) bond motifs is 1. The van der Waals surface area contributed by atoms with E-state index in [4.69, 9.17) is 4.74 Å². The van der Waals surface area contributed by atoms with E-state index in [-0.39, 0.29) is 17.5 Å². The molecule has 5 nitrogen and oxygen atoms in total. The zero-order chi connectivity index (χ0) is 18.1. The topological polar surface area (TPSA) is 66.8 Å². The molecule has 2 aromatic carbocycles. The number of sulfonamides is 1. The third kappa shape index (κ3) is 3.86. The van der Waals surface area contributed by atoms with Gasteiger partial charge in [0.25, 0.3) is 0 Å². The number of benzene rings is 2. The van der Waals surface area contributed by atoms with Crippen LogP contribution >= 0.6 is 0 Å². The molecule has 1 heterocycles. The first kappa shape index (κ1) is 17.4. The average molecular weight is 373 g/mol. The third-order valence-corrected chi connectivity index (χ3v) is 6.85. The number of ether oxygens (including phenoxy) is 1. The van der Waals surface area contributed by atoms with Crippen molar-refractivity contribution in [3.63, 3.8) is 0 Å². The molecule has 1 fully saturated rings. The van der Waals surface area contributed by atoms with E-state index in [0.717, 1.165) is 36.1 Å². The van der Waals surface area contributed by atoms with Crippen LogP contribution in [0.15, 0.2) is 42.5 Å². The molecule has 138 valence electrons. The molecular weight excluding hydrogens is 350 g/mol. The average Bonchev–Trinajstić information content (AvgIpc) is 3.35. The zero-order valence-corrected chi connectivity index (χ0v) is 15.4. The fourth-order valence-electron chi connectivity index (χ4n) is 3.36. The van der Waals surface area contributed by atoms with E-state index < -0.39 is 10.0 Å². The van der Waals surface area contributed by atoms with Gasteiger partial charge in [-0.3, -0.25) is 0 Å². The van der Waals surface area contributed by atoms with E-state index in [0.29, 0.717) is 19.6 Å². The molecule has 0 radical (unpaired) electrons. The molecule has 0 atom stereocenters. The minimum absolute atomic E-state index is 0.112. The molecule has 0 amide bonds. The zero-order valence-electron chi connectivity index (χ0n) is 14.6. The monoisotopic (exact) mass is 373 g/mol. The smallest absolute Gasteiger partial charge is 0.214 e. The van der Waals surface area contributed by atoms with Crippen LogP contribution in [0.2, 0.25) is 0 Å². The summed E-state index contributed by atoms with van der Waals surface area (Å²) in [5.74, 6) is 1.22. The Labute approximate surface area is 154 Å². The first-order valence-electron chi connectivity index (χ1n) is 9.03. The molecule has 4 rings (SSSR count). The molecule has 0 bridgehead atoms. The lowest BCUT2D eigenvalue weighted by molar-refractivity contribution is 0.357. The molecule has 1 aliphatic carbocycles. The van der Waals surface area contributed by atoms with E-state index in [1.54, 1.807) is 28.6 Å². The number of nitrogens with zero attached hydrogens (tertiary/aromatic N) is 1. The van der Waals surface area contributed by atoms with Crippen molar-refractivity contribution < 1.29 is 18.3 Å². The largest absolute Gasteiger partial charge is 0.508 e. The van der Waals surface area contributed by atoms with Crippen LogP contribution in [-0.2, 0) is 29.4 Å². The maximum atomic E-state index is 12.9. The fraction of sp³-hybridized carbons (Fsp3) is 0.400. The van der Waals surface area contributed by atoms with Gasteiger partial charge in [0.1, 0.15) is 11.5 Å². The summed E-state index contributed by atoms with van der Waals surface area (Å²) in [6, 6.07) is 12.8. The van der Waals surface area contributed by atoms with Crippen LogP contribution in [-0.4, -0.2) is 36.2 Å². The minimum atomic E-state index is -3.34. The highest BCUT2D eigenvalue weighted by atomic mass is 32.2. The molecule has 2 aromatic rings. The number of hydrogen-bond acceptors (Lipinski definition) is 4. The van der Waals surface area contributed by atoms with Crippen LogP contribution in [0.4, 0.5) is 0 Å². The van der Waals surface area contributed by atoms with Gasteiger partial charge in [-0.25, -0.2) is 8.42 Å². The highest BCUT2D eigenvalue weighted by Gasteiger charge is 2.36. The molecule has 0 unspecified atom stereocenters. The highest BCUT2D eigenvalue weighted by molar-refractivity contribution is 7.89. The van der Waals surface area contributed by atoms with Gasteiger partial charge in [0, 0.05) is 19.0 Å². The van der Waals surface area contributed by atoms with Crippen LogP contribution in [0.25, 0.3) is 0 Å². The second-order valence-corrected chi connectivity index (χ2v) is 9.09. The van der Waals surface area contributed by atoms with E-state index >= 15 is 0 Å². The summed E-state index contributed by atoms with van der Waals surface area (Å²) < 4.78 is 33.0. The van der Waals surface area contributed by atoms with E-state index in [2.05, 4.69) is 6.07 Å². The standard InChI is InChI=1S/C20H23NO4S/c22-19-6-1-16(2-7-19)14-21(18-4-5-18)26(23,24)12-10-15-3-8-20-17(13-15)9-11-25-20/h1-3,6-8,13,18,22H,4-5,9-12,14H2. The van der Waals surface area contributed by atoms with Crippen molar-refractivity contribution in [2.24, 2.45) is 0 Å². The van der Waals surface area contributed by atoms with Crippen molar-refractivity contribution in [1.29, 1.82) is 0 Å². The van der Waals surface area contributed by atoms with Crippen molar-refractivity contribution in [2.75, 3.05) is 12.4 Å². The van der Waals surface area contributed by atoms with Crippen LogP contribution in [0.1, 0.15) is 29.5 Å². The van der Waals surface area contributed by atoms with Crippen LogP contribution in [0, 0.1) is 0 Å². The molecule has 2 aliphatic rings. The summed E-state index contributed by atoms with van der Waals surface area (Å²) >= 11 is 0. The van der Waals surface area contributed by atoms with Crippen molar-refractivity contribution in [1.82, 2.24) is 4.31 Å². The Bertz CT molecular complexity index is 889.